The van der Waals surface area contributed by atoms with Gasteiger partial charge < -0.3 is 5.11 Å². The lowest BCUT2D eigenvalue weighted by atomic mass is 10.1. The number of carbonyl (C=O) groups is 1. The Bertz CT molecular complexity index is 632. The van der Waals surface area contributed by atoms with Gasteiger partial charge in [0.1, 0.15) is 5.52 Å². The molecule has 100 valence electrons. The molecule has 2 heterocycles. The van der Waals surface area contributed by atoms with Gasteiger partial charge in [0.15, 0.2) is 0 Å². The Balaban J connectivity index is 1.99. The molecule has 6 heteroatoms. The fourth-order valence-electron chi connectivity index (χ4n) is 2.49. The Morgan fingerprint density at radius 1 is 1.58 bits per heavy atom. The first-order chi connectivity index (χ1) is 9.07. The first kappa shape index (κ1) is 12.5. The topological polar surface area (TPSA) is 68.0 Å². The molecule has 1 aromatic carbocycles. The van der Waals surface area contributed by atoms with Gasteiger partial charge in [-0.2, -0.15) is 11.8 Å². The summed E-state index contributed by atoms with van der Waals surface area (Å²) in [5.41, 5.74) is 1.82. The number of nitrogens with zero attached hydrogens (tertiary/aromatic N) is 3. The molecule has 0 bridgehead atoms. The van der Waals surface area contributed by atoms with Gasteiger partial charge in [0.05, 0.1) is 17.6 Å². The quantitative estimate of drug-likeness (QED) is 0.933. The molecule has 2 aromatic rings. The predicted molar refractivity (Wildman–Crippen MR) is 74.6 cm³/mol. The molecule has 1 aliphatic heterocycles. The molecule has 0 saturated carbocycles. The van der Waals surface area contributed by atoms with E-state index in [1.165, 1.54) is 12.2 Å². The zero-order valence-corrected chi connectivity index (χ0v) is 11.5. The van der Waals surface area contributed by atoms with E-state index in [4.69, 9.17) is 5.11 Å². The number of rotatable bonds is 3. The van der Waals surface area contributed by atoms with E-state index in [0.717, 1.165) is 24.0 Å². The summed E-state index contributed by atoms with van der Waals surface area (Å²) in [6.07, 6.45) is 2.39. The van der Waals surface area contributed by atoms with E-state index >= 15 is 0 Å². The van der Waals surface area contributed by atoms with E-state index in [1.54, 1.807) is 18.2 Å². The molecule has 0 aliphatic carbocycles. The number of hydrogen-bond acceptors (Lipinski definition) is 4. The van der Waals surface area contributed by atoms with Gasteiger partial charge in [0.25, 0.3) is 0 Å². The number of carboxylic acid groups (broad SMARTS) is 1. The van der Waals surface area contributed by atoms with Crippen molar-refractivity contribution in [3.8, 4) is 0 Å². The molecule has 19 heavy (non-hydrogen) atoms. The van der Waals surface area contributed by atoms with Crippen molar-refractivity contribution in [3.63, 3.8) is 0 Å². The van der Waals surface area contributed by atoms with Crippen LogP contribution in [0.5, 0.6) is 0 Å². The SMILES string of the molecule is CC1(Cn2nnc3ccc(C(=O)O)cc32)CCCS1. The van der Waals surface area contributed by atoms with Crippen LogP contribution in [0.25, 0.3) is 11.0 Å². The molecule has 0 spiro atoms. The van der Waals surface area contributed by atoms with Gasteiger partial charge in [-0.05, 0) is 43.7 Å². The van der Waals surface area contributed by atoms with E-state index in [9.17, 15) is 4.79 Å². The van der Waals surface area contributed by atoms with Crippen LogP contribution in [0.2, 0.25) is 0 Å². The summed E-state index contributed by atoms with van der Waals surface area (Å²) in [5, 5.41) is 17.3. The van der Waals surface area contributed by atoms with Crippen molar-refractivity contribution < 1.29 is 9.90 Å². The summed E-state index contributed by atoms with van der Waals surface area (Å²) in [7, 11) is 0. The van der Waals surface area contributed by atoms with Gasteiger partial charge in [-0.25, -0.2) is 9.48 Å². The van der Waals surface area contributed by atoms with Crippen LogP contribution >= 0.6 is 11.8 Å². The lowest BCUT2D eigenvalue weighted by Gasteiger charge is -2.22. The fourth-order valence-corrected chi connectivity index (χ4v) is 3.78. The van der Waals surface area contributed by atoms with Crippen molar-refractivity contribution in [2.24, 2.45) is 0 Å². The maximum Gasteiger partial charge on any atom is 0.335 e. The van der Waals surface area contributed by atoms with Crippen LogP contribution in [0.1, 0.15) is 30.1 Å². The molecular weight excluding hydrogens is 262 g/mol. The Kier molecular flexibility index (Phi) is 2.97. The van der Waals surface area contributed by atoms with Crippen molar-refractivity contribution in [2.45, 2.75) is 31.1 Å². The molecule has 3 rings (SSSR count). The monoisotopic (exact) mass is 277 g/mol. The smallest absolute Gasteiger partial charge is 0.335 e. The van der Waals surface area contributed by atoms with Crippen LogP contribution in [0.3, 0.4) is 0 Å². The molecule has 1 fully saturated rings. The molecule has 1 saturated heterocycles. The second kappa shape index (κ2) is 4.52. The van der Waals surface area contributed by atoms with Crippen LogP contribution in [0.4, 0.5) is 0 Å². The zero-order valence-electron chi connectivity index (χ0n) is 10.7. The summed E-state index contributed by atoms with van der Waals surface area (Å²) in [6.45, 7) is 3.01. The number of carboxylic acids is 1. The highest BCUT2D eigenvalue weighted by Crippen LogP contribution is 2.39. The molecule has 1 atom stereocenters. The van der Waals surface area contributed by atoms with Gasteiger partial charge in [-0.3, -0.25) is 0 Å². The van der Waals surface area contributed by atoms with E-state index in [2.05, 4.69) is 17.2 Å². The number of aromatic carboxylic acids is 1. The number of aromatic nitrogens is 3. The van der Waals surface area contributed by atoms with E-state index < -0.39 is 5.97 Å². The molecular formula is C13H15N3O2S. The number of hydrogen-bond donors (Lipinski definition) is 1. The Morgan fingerprint density at radius 2 is 2.42 bits per heavy atom. The first-order valence-corrected chi connectivity index (χ1v) is 7.26. The van der Waals surface area contributed by atoms with Gasteiger partial charge in [0, 0.05) is 4.75 Å². The van der Waals surface area contributed by atoms with Crippen LogP contribution in [0, 0.1) is 0 Å². The van der Waals surface area contributed by atoms with Gasteiger partial charge >= 0.3 is 5.97 Å². The van der Waals surface area contributed by atoms with E-state index in [0.29, 0.717) is 0 Å². The largest absolute Gasteiger partial charge is 0.478 e. The average molecular weight is 277 g/mol. The molecule has 1 N–H and O–H groups in total. The number of benzene rings is 1. The molecule has 1 aromatic heterocycles. The Hall–Kier alpha value is -1.56. The number of fused-ring (bicyclic) bond motifs is 1. The number of thioether (sulfide) groups is 1. The van der Waals surface area contributed by atoms with Gasteiger partial charge in [-0.1, -0.05) is 5.21 Å². The van der Waals surface area contributed by atoms with Crippen LogP contribution in [0.15, 0.2) is 18.2 Å². The first-order valence-electron chi connectivity index (χ1n) is 6.28. The summed E-state index contributed by atoms with van der Waals surface area (Å²) in [4.78, 5) is 11.0. The van der Waals surface area contributed by atoms with Crippen molar-refractivity contribution in [2.75, 3.05) is 5.75 Å². The third kappa shape index (κ3) is 2.32. The summed E-state index contributed by atoms with van der Waals surface area (Å²) in [5.74, 6) is 0.264. The highest BCUT2D eigenvalue weighted by molar-refractivity contribution is 8.00. The second-order valence-corrected chi connectivity index (χ2v) is 6.84. The molecule has 0 amide bonds. The van der Waals surface area contributed by atoms with Crippen molar-refractivity contribution in [3.05, 3.63) is 23.8 Å². The minimum Gasteiger partial charge on any atom is -0.478 e. The van der Waals surface area contributed by atoms with Crippen LogP contribution in [-0.4, -0.2) is 36.6 Å². The van der Waals surface area contributed by atoms with Crippen molar-refractivity contribution >= 4 is 28.8 Å². The average Bonchev–Trinajstić information content (AvgIpc) is 2.97. The van der Waals surface area contributed by atoms with Crippen LogP contribution < -0.4 is 0 Å². The maximum atomic E-state index is 11.0. The molecule has 1 aliphatic rings. The fraction of sp³-hybridized carbons (Fsp3) is 0.462. The molecule has 5 nitrogen and oxygen atoms in total. The lowest BCUT2D eigenvalue weighted by Crippen LogP contribution is -2.24. The summed E-state index contributed by atoms with van der Waals surface area (Å²) < 4.78 is 2.01. The third-order valence-electron chi connectivity index (χ3n) is 3.55. The summed E-state index contributed by atoms with van der Waals surface area (Å²) >= 11 is 1.96. The lowest BCUT2D eigenvalue weighted by molar-refractivity contribution is 0.0697. The zero-order chi connectivity index (χ0) is 13.5. The minimum atomic E-state index is -0.920. The van der Waals surface area contributed by atoms with Crippen molar-refractivity contribution in [1.29, 1.82) is 0 Å². The van der Waals surface area contributed by atoms with E-state index in [-0.39, 0.29) is 10.3 Å². The Morgan fingerprint density at radius 3 is 3.11 bits per heavy atom. The standard InChI is InChI=1S/C13H15N3O2S/c1-13(5-2-6-19-13)8-16-11-7-9(12(17)18)3-4-10(11)14-15-16/h3-4,7H,2,5-6,8H2,1H3,(H,17,18). The second-order valence-electron chi connectivity index (χ2n) is 5.16. The van der Waals surface area contributed by atoms with E-state index in [1.807, 2.05) is 16.4 Å². The molecule has 0 radical (unpaired) electrons. The Labute approximate surface area is 115 Å². The van der Waals surface area contributed by atoms with Gasteiger partial charge in [0.2, 0.25) is 0 Å². The van der Waals surface area contributed by atoms with Gasteiger partial charge in [-0.15, -0.1) is 5.10 Å². The highest BCUT2D eigenvalue weighted by Gasteiger charge is 2.30. The predicted octanol–water partition coefficient (Wildman–Crippen LogP) is 2.42. The van der Waals surface area contributed by atoms with Crippen LogP contribution in [-0.2, 0) is 6.54 Å². The third-order valence-corrected chi connectivity index (χ3v) is 5.07. The minimum absolute atomic E-state index is 0.180. The van der Waals surface area contributed by atoms with Crippen molar-refractivity contribution in [1.82, 2.24) is 15.0 Å². The molecule has 1 unspecified atom stereocenters. The normalized spacial score (nSPS) is 23.0. The summed E-state index contributed by atoms with van der Waals surface area (Å²) in [6, 6.07) is 4.93. The maximum absolute atomic E-state index is 11.0. The highest BCUT2D eigenvalue weighted by atomic mass is 32.2.